The zero-order chi connectivity index (χ0) is 25.2. The van der Waals surface area contributed by atoms with Crippen molar-refractivity contribution in [3.8, 4) is 0 Å². The Morgan fingerprint density at radius 3 is 1.79 bits per heavy atom. The number of rotatable bonds is 20. The van der Waals surface area contributed by atoms with Gasteiger partial charge in [0.05, 0.1) is 0 Å². The average molecular weight is 512 g/mol. The fourth-order valence-electron chi connectivity index (χ4n) is 3.88. The monoisotopic (exact) mass is 511 g/mol. The van der Waals surface area contributed by atoms with Crippen molar-refractivity contribution in [3.63, 3.8) is 0 Å². The molecule has 1 radical (unpaired) electrons. The van der Waals surface area contributed by atoms with Gasteiger partial charge in [0.25, 0.3) is 0 Å². The Balaban J connectivity index is 2.15. The molecule has 0 saturated heterocycles. The van der Waals surface area contributed by atoms with Crippen LogP contribution in [0.5, 0.6) is 0 Å². The van der Waals surface area contributed by atoms with Gasteiger partial charge in [-0.15, -0.1) is 0 Å². The molecule has 7 heteroatoms. The van der Waals surface area contributed by atoms with Crippen LogP contribution in [0.4, 0.5) is 5.69 Å². The van der Waals surface area contributed by atoms with Gasteiger partial charge >= 0.3 is 166 Å². The van der Waals surface area contributed by atoms with E-state index in [-0.39, 0.29) is 18.6 Å². The first-order chi connectivity index (χ1) is 16.3. The molecule has 1 aromatic carbocycles. The van der Waals surface area contributed by atoms with Crippen molar-refractivity contribution < 1.29 is 36.9 Å². The third-order valence-electron chi connectivity index (χ3n) is 5.90. The van der Waals surface area contributed by atoms with E-state index in [0.717, 1.165) is 25.2 Å². The zero-order valence-electron chi connectivity index (χ0n) is 21.3. The number of hydrogen-bond acceptors (Lipinski definition) is 6. The summed E-state index contributed by atoms with van der Waals surface area (Å²) in [7, 11) is 0. The molecule has 0 aliphatic rings. The number of benzene rings is 1. The van der Waals surface area contributed by atoms with Crippen LogP contribution in [0.3, 0.4) is 0 Å². The van der Waals surface area contributed by atoms with E-state index in [9.17, 15) is 12.9 Å². The molecular weight excluding hydrogens is 466 g/mol. The molecule has 1 unspecified atom stereocenters. The van der Waals surface area contributed by atoms with E-state index in [1.54, 1.807) is 0 Å². The van der Waals surface area contributed by atoms with Gasteiger partial charge in [-0.1, -0.05) is 39.5 Å². The molecule has 1 aromatic rings. The first kappa shape index (κ1) is 30.7. The van der Waals surface area contributed by atoms with E-state index >= 15 is 0 Å². The van der Waals surface area contributed by atoms with Gasteiger partial charge in [-0.3, -0.25) is 0 Å². The van der Waals surface area contributed by atoms with Crippen molar-refractivity contribution in [2.45, 2.75) is 104 Å². The van der Waals surface area contributed by atoms with Crippen LogP contribution >= 0.6 is 0 Å². The molecule has 0 bridgehead atoms. The fourth-order valence-corrected chi connectivity index (χ4v) is 6.18. The van der Waals surface area contributed by atoms with E-state index < -0.39 is 27.4 Å². The molecule has 0 aromatic heterocycles. The summed E-state index contributed by atoms with van der Waals surface area (Å²) in [6.07, 6.45) is 15.8. The molecule has 0 spiro atoms. The van der Waals surface area contributed by atoms with Crippen LogP contribution < -0.4 is 5.73 Å². The van der Waals surface area contributed by atoms with Gasteiger partial charge in [0.15, 0.2) is 0 Å². The number of carbonyl (C=O) groups is 2. The SMILES string of the molecule is [CH2]C[O][Ti](=[O])([O]C(=O)CCCCCCCCCCCCCCC(C)C)[C](=O)c1ccc(N)cc1. The van der Waals surface area contributed by atoms with Crippen LogP contribution in [0.2, 0.25) is 0 Å². The molecule has 0 aliphatic heterocycles. The molecular formula is C27H45NO5Ti. The second-order valence-corrected chi connectivity index (χ2v) is 12.7. The zero-order valence-corrected chi connectivity index (χ0v) is 22.9. The summed E-state index contributed by atoms with van der Waals surface area (Å²) in [5.41, 5.74) is 6.25. The Morgan fingerprint density at radius 2 is 1.32 bits per heavy atom. The normalized spacial score (nSPS) is 13.1. The third-order valence-corrected chi connectivity index (χ3v) is 8.91. The number of anilines is 1. The second kappa shape index (κ2) is 18.0. The molecule has 0 amide bonds. The Hall–Kier alpha value is -1.37. The molecule has 2 N–H and O–H groups in total. The first-order valence-electron chi connectivity index (χ1n) is 13.0. The molecule has 0 saturated carbocycles. The third kappa shape index (κ3) is 13.5. The van der Waals surface area contributed by atoms with Gasteiger partial charge < -0.3 is 0 Å². The molecule has 1 rings (SSSR count). The Kier molecular flexibility index (Phi) is 16.2. The first-order valence-corrected chi connectivity index (χ1v) is 15.7. The topological polar surface area (TPSA) is 95.7 Å². The van der Waals surface area contributed by atoms with Gasteiger partial charge in [0.1, 0.15) is 0 Å². The summed E-state index contributed by atoms with van der Waals surface area (Å²) < 4.78 is 22.3. The summed E-state index contributed by atoms with van der Waals surface area (Å²) >= 11 is -5.22. The van der Waals surface area contributed by atoms with Crippen molar-refractivity contribution in [1.29, 1.82) is 0 Å². The summed E-state index contributed by atoms with van der Waals surface area (Å²) in [5.74, 6) is 0.172. The van der Waals surface area contributed by atoms with E-state index in [1.807, 2.05) is 0 Å². The Bertz CT molecular complexity index is 748. The quantitative estimate of drug-likeness (QED) is 0.113. The van der Waals surface area contributed by atoms with Gasteiger partial charge in [-0.25, -0.2) is 0 Å². The number of carbonyl (C=O) groups excluding carboxylic acids is 2. The number of unbranched alkanes of at least 4 members (excludes halogenated alkanes) is 11. The van der Waals surface area contributed by atoms with Crippen LogP contribution in [0.1, 0.15) is 114 Å². The molecule has 34 heavy (non-hydrogen) atoms. The van der Waals surface area contributed by atoms with Crippen molar-refractivity contribution >= 4 is 15.7 Å². The van der Waals surface area contributed by atoms with Gasteiger partial charge in [0.2, 0.25) is 0 Å². The van der Waals surface area contributed by atoms with E-state index in [0.29, 0.717) is 12.1 Å². The Morgan fingerprint density at radius 1 is 0.853 bits per heavy atom. The van der Waals surface area contributed by atoms with Crippen molar-refractivity contribution in [3.05, 3.63) is 36.8 Å². The van der Waals surface area contributed by atoms with Crippen LogP contribution in [0.15, 0.2) is 24.3 Å². The molecule has 0 fully saturated rings. The standard InChI is InChI=1S/C18H36O2.C7H6NO.C2H4O.O.Ti/c1-17(2)15-13-11-9-7-5-3-4-6-8-10-12-14-16-18(19)20;8-7-3-1-6(5-9)2-4-7;1-2-3;;/h17H,3-16H2,1-2H3,(H,19,20);1-4H,8H2;1-2H2;;/q;;-1;;+2/p-1. The minimum atomic E-state index is -5.22. The van der Waals surface area contributed by atoms with Crippen molar-refractivity contribution in [2.75, 3.05) is 12.3 Å². The summed E-state index contributed by atoms with van der Waals surface area (Å²) in [5, 5.41) is 0. The maximum atomic E-state index is 13.0. The van der Waals surface area contributed by atoms with Crippen LogP contribution in [-0.4, -0.2) is 16.7 Å². The van der Waals surface area contributed by atoms with Crippen molar-refractivity contribution in [2.24, 2.45) is 5.92 Å². The van der Waals surface area contributed by atoms with Crippen LogP contribution in [0.25, 0.3) is 0 Å². The molecule has 6 nitrogen and oxygen atoms in total. The molecule has 1 atom stereocenters. The Labute approximate surface area is 211 Å². The number of nitrogen functional groups attached to an aromatic ring is 1. The molecule has 0 aliphatic carbocycles. The van der Waals surface area contributed by atoms with E-state index in [2.05, 4.69) is 20.8 Å². The van der Waals surface area contributed by atoms with Crippen molar-refractivity contribution in [1.82, 2.24) is 0 Å². The van der Waals surface area contributed by atoms with Crippen LogP contribution in [-0.2, 0) is 32.1 Å². The predicted octanol–water partition coefficient (Wildman–Crippen LogP) is 7.25. The van der Waals surface area contributed by atoms with E-state index in [4.69, 9.17) is 12.4 Å². The van der Waals surface area contributed by atoms with E-state index in [1.165, 1.54) is 82.1 Å². The summed E-state index contributed by atoms with van der Waals surface area (Å²) in [4.78, 5) is 24.8. The fraction of sp³-hybridized carbons (Fsp3) is 0.667. The average Bonchev–Trinajstić information content (AvgIpc) is 2.79. The van der Waals surface area contributed by atoms with Gasteiger partial charge in [-0.05, 0) is 5.92 Å². The minimum absolute atomic E-state index is 0.127. The second-order valence-electron chi connectivity index (χ2n) is 9.51. The predicted molar refractivity (Wildman–Crippen MR) is 133 cm³/mol. The number of hydrogen-bond donors (Lipinski definition) is 1. The summed E-state index contributed by atoms with van der Waals surface area (Å²) in [6, 6.07) is 5.95. The maximum absolute atomic E-state index is 13.0. The molecule has 192 valence electrons. The van der Waals surface area contributed by atoms with Gasteiger partial charge in [0, 0.05) is 0 Å². The number of nitrogens with two attached hydrogens (primary N) is 1. The summed E-state index contributed by atoms with van der Waals surface area (Å²) in [6.45, 7) is 7.84. The van der Waals surface area contributed by atoms with Gasteiger partial charge in [-0.2, -0.15) is 0 Å². The van der Waals surface area contributed by atoms with Crippen LogP contribution in [0, 0.1) is 12.8 Å². The molecule has 0 heterocycles.